The Bertz CT molecular complexity index is 795. The van der Waals surface area contributed by atoms with E-state index in [0.717, 1.165) is 10.9 Å². The summed E-state index contributed by atoms with van der Waals surface area (Å²) in [6.07, 6.45) is 5.16. The number of carbonyl (C=O) groups is 1. The molecule has 0 atom stereocenters. The maximum absolute atomic E-state index is 12.7. The molecular formula is C17H18N2O2. The van der Waals surface area contributed by atoms with Crippen molar-refractivity contribution in [3.05, 3.63) is 45.9 Å². The summed E-state index contributed by atoms with van der Waals surface area (Å²) in [4.78, 5) is 24.9. The Morgan fingerprint density at radius 1 is 1.38 bits per heavy atom. The lowest BCUT2D eigenvalue weighted by Crippen LogP contribution is -2.33. The predicted octanol–water partition coefficient (Wildman–Crippen LogP) is 2.25. The topological polar surface area (TPSA) is 51.1 Å². The summed E-state index contributed by atoms with van der Waals surface area (Å²) in [7, 11) is 0. The van der Waals surface area contributed by atoms with Gasteiger partial charge in [0.2, 0.25) is 0 Å². The van der Waals surface area contributed by atoms with Crippen LogP contribution in [-0.2, 0) is 0 Å². The number of carbonyl (C=O) groups excluding carboxylic acids is 1. The summed E-state index contributed by atoms with van der Waals surface area (Å²) in [5, 5.41) is 3.99. The second-order valence-corrected chi connectivity index (χ2v) is 5.28. The predicted molar refractivity (Wildman–Crippen MR) is 84.5 cm³/mol. The average Bonchev–Trinajstić information content (AvgIpc) is 2.44. The quantitative estimate of drug-likeness (QED) is 0.878. The first-order valence-electron chi connectivity index (χ1n) is 6.83. The largest absolute Gasteiger partial charge is 0.340 e. The van der Waals surface area contributed by atoms with Gasteiger partial charge in [0.05, 0.1) is 6.54 Å². The van der Waals surface area contributed by atoms with Crippen molar-refractivity contribution in [3.8, 4) is 12.3 Å². The molecule has 1 amide bonds. The number of hydrogen-bond acceptors (Lipinski definition) is 2. The molecule has 2 aromatic rings. The number of hydrogen-bond donors (Lipinski definition) is 1. The smallest absolute Gasteiger partial charge is 0.268 e. The molecule has 0 saturated heterocycles. The summed E-state index contributed by atoms with van der Waals surface area (Å²) in [5.41, 5.74) is 1.19. The van der Waals surface area contributed by atoms with Crippen LogP contribution in [0.4, 0.5) is 0 Å². The van der Waals surface area contributed by atoms with E-state index in [2.05, 4.69) is 11.2 Å². The SMILES string of the molecule is C#CCNC(=O)c1cc2ccc(C)cc2c(=O)n1C(C)C. The molecule has 0 aliphatic carbocycles. The number of nitrogens with zero attached hydrogens (tertiary/aromatic N) is 1. The Morgan fingerprint density at radius 3 is 2.71 bits per heavy atom. The maximum Gasteiger partial charge on any atom is 0.268 e. The van der Waals surface area contributed by atoms with Crippen molar-refractivity contribution in [2.45, 2.75) is 26.8 Å². The molecule has 2 rings (SSSR count). The van der Waals surface area contributed by atoms with E-state index >= 15 is 0 Å². The maximum atomic E-state index is 12.7. The van der Waals surface area contributed by atoms with Crippen molar-refractivity contribution in [1.82, 2.24) is 9.88 Å². The van der Waals surface area contributed by atoms with E-state index in [0.29, 0.717) is 11.1 Å². The van der Waals surface area contributed by atoms with Gasteiger partial charge in [-0.05, 0) is 38.3 Å². The minimum absolute atomic E-state index is 0.117. The molecule has 0 radical (unpaired) electrons. The van der Waals surface area contributed by atoms with Crippen molar-refractivity contribution < 1.29 is 4.79 Å². The van der Waals surface area contributed by atoms with Crippen LogP contribution in [0.2, 0.25) is 0 Å². The van der Waals surface area contributed by atoms with Gasteiger partial charge < -0.3 is 9.88 Å². The van der Waals surface area contributed by atoms with Crippen LogP contribution >= 0.6 is 0 Å². The number of amides is 1. The third-order valence-corrected chi connectivity index (χ3v) is 3.31. The first-order valence-corrected chi connectivity index (χ1v) is 6.83. The highest BCUT2D eigenvalue weighted by molar-refractivity contribution is 5.97. The fraction of sp³-hybridized carbons (Fsp3) is 0.294. The Balaban J connectivity index is 2.73. The molecule has 1 aromatic carbocycles. The molecule has 1 N–H and O–H groups in total. The number of rotatable bonds is 3. The third kappa shape index (κ3) is 2.82. The molecule has 0 unspecified atom stereocenters. The highest BCUT2D eigenvalue weighted by Crippen LogP contribution is 2.17. The second kappa shape index (κ2) is 5.84. The van der Waals surface area contributed by atoms with Crippen LogP contribution in [0.25, 0.3) is 10.8 Å². The number of pyridine rings is 1. The highest BCUT2D eigenvalue weighted by atomic mass is 16.2. The fourth-order valence-corrected chi connectivity index (χ4v) is 2.35. The lowest BCUT2D eigenvalue weighted by molar-refractivity contribution is 0.0946. The van der Waals surface area contributed by atoms with E-state index < -0.39 is 0 Å². The molecule has 0 spiro atoms. The Kier molecular flexibility index (Phi) is 4.13. The minimum atomic E-state index is -0.332. The Morgan fingerprint density at radius 2 is 2.10 bits per heavy atom. The zero-order valence-electron chi connectivity index (χ0n) is 12.4. The van der Waals surface area contributed by atoms with E-state index in [-0.39, 0.29) is 24.1 Å². The minimum Gasteiger partial charge on any atom is -0.340 e. The van der Waals surface area contributed by atoms with Gasteiger partial charge in [0.1, 0.15) is 5.69 Å². The molecule has 0 aliphatic rings. The monoisotopic (exact) mass is 282 g/mol. The summed E-state index contributed by atoms with van der Waals surface area (Å²) in [5.74, 6) is 2.02. The van der Waals surface area contributed by atoms with Crippen LogP contribution in [-0.4, -0.2) is 17.0 Å². The first kappa shape index (κ1) is 14.9. The summed E-state index contributed by atoms with van der Waals surface area (Å²) in [6, 6.07) is 7.25. The van der Waals surface area contributed by atoms with Gasteiger partial charge in [-0.15, -0.1) is 6.42 Å². The third-order valence-electron chi connectivity index (χ3n) is 3.31. The standard InChI is InChI=1S/C17H18N2O2/c1-5-8-18-16(20)15-10-13-7-6-12(4)9-14(13)17(21)19(15)11(2)3/h1,6-7,9-11H,8H2,2-4H3,(H,18,20). The van der Waals surface area contributed by atoms with Crippen LogP contribution in [0.3, 0.4) is 0 Å². The molecule has 1 heterocycles. The van der Waals surface area contributed by atoms with Gasteiger partial charge in [0, 0.05) is 11.4 Å². The van der Waals surface area contributed by atoms with E-state index in [1.165, 1.54) is 4.57 Å². The normalized spacial score (nSPS) is 10.6. The van der Waals surface area contributed by atoms with Crippen molar-refractivity contribution in [3.63, 3.8) is 0 Å². The van der Waals surface area contributed by atoms with E-state index in [1.807, 2.05) is 39.0 Å². The van der Waals surface area contributed by atoms with Crippen molar-refractivity contribution in [2.75, 3.05) is 6.54 Å². The van der Waals surface area contributed by atoms with Crippen molar-refractivity contribution in [1.29, 1.82) is 0 Å². The highest BCUT2D eigenvalue weighted by Gasteiger charge is 2.17. The van der Waals surface area contributed by atoms with Gasteiger partial charge in [-0.3, -0.25) is 9.59 Å². The Labute approximate surface area is 123 Å². The molecule has 0 bridgehead atoms. The number of terminal acetylenes is 1. The van der Waals surface area contributed by atoms with Gasteiger partial charge in [0.25, 0.3) is 11.5 Å². The summed E-state index contributed by atoms with van der Waals surface area (Å²) < 4.78 is 1.51. The van der Waals surface area contributed by atoms with Crippen LogP contribution in [0.1, 0.15) is 35.9 Å². The average molecular weight is 282 g/mol. The number of fused-ring (bicyclic) bond motifs is 1. The second-order valence-electron chi connectivity index (χ2n) is 5.28. The zero-order chi connectivity index (χ0) is 15.6. The van der Waals surface area contributed by atoms with Gasteiger partial charge in [-0.2, -0.15) is 0 Å². The van der Waals surface area contributed by atoms with Gasteiger partial charge in [0.15, 0.2) is 0 Å². The number of aryl methyl sites for hydroxylation is 1. The summed E-state index contributed by atoms with van der Waals surface area (Å²) >= 11 is 0. The number of nitrogens with one attached hydrogen (secondary N) is 1. The van der Waals surface area contributed by atoms with Gasteiger partial charge >= 0.3 is 0 Å². The van der Waals surface area contributed by atoms with Crippen molar-refractivity contribution >= 4 is 16.7 Å². The zero-order valence-corrected chi connectivity index (χ0v) is 12.4. The van der Waals surface area contributed by atoms with Crippen LogP contribution in [0, 0.1) is 19.3 Å². The molecule has 0 saturated carbocycles. The molecule has 0 aliphatic heterocycles. The molecule has 0 fully saturated rings. The summed E-state index contributed by atoms with van der Waals surface area (Å²) in [6.45, 7) is 5.82. The molecule has 4 heteroatoms. The van der Waals surface area contributed by atoms with E-state index in [4.69, 9.17) is 6.42 Å². The number of benzene rings is 1. The van der Waals surface area contributed by atoms with E-state index in [9.17, 15) is 9.59 Å². The lowest BCUT2D eigenvalue weighted by Gasteiger charge is -2.17. The Hall–Kier alpha value is -2.54. The van der Waals surface area contributed by atoms with Crippen LogP contribution in [0.5, 0.6) is 0 Å². The van der Waals surface area contributed by atoms with Crippen LogP contribution in [0.15, 0.2) is 29.1 Å². The van der Waals surface area contributed by atoms with Gasteiger partial charge in [-0.25, -0.2) is 0 Å². The first-order chi connectivity index (χ1) is 9.95. The molecule has 108 valence electrons. The van der Waals surface area contributed by atoms with Crippen LogP contribution < -0.4 is 10.9 Å². The molecule has 4 nitrogen and oxygen atoms in total. The number of aromatic nitrogens is 1. The molecular weight excluding hydrogens is 264 g/mol. The van der Waals surface area contributed by atoms with E-state index in [1.54, 1.807) is 6.07 Å². The fourth-order valence-electron chi connectivity index (χ4n) is 2.35. The molecule has 1 aromatic heterocycles. The molecule has 21 heavy (non-hydrogen) atoms. The van der Waals surface area contributed by atoms with Gasteiger partial charge in [-0.1, -0.05) is 23.6 Å². The lowest BCUT2D eigenvalue weighted by atomic mass is 10.1. The van der Waals surface area contributed by atoms with Crippen molar-refractivity contribution in [2.24, 2.45) is 0 Å².